The summed E-state index contributed by atoms with van der Waals surface area (Å²) in [5.74, 6) is 0. The normalized spacial score (nSPS) is 13.8. The second-order valence-electron chi connectivity index (χ2n) is 3.58. The molecule has 0 aliphatic heterocycles. The first-order valence-corrected chi connectivity index (χ1v) is 4.89. The van der Waals surface area contributed by atoms with Gasteiger partial charge in [0, 0.05) is 6.54 Å². The summed E-state index contributed by atoms with van der Waals surface area (Å²) in [6.07, 6.45) is -2.82. The predicted octanol–water partition coefficient (Wildman–Crippen LogP) is 3.41. The van der Waals surface area contributed by atoms with Crippen molar-refractivity contribution >= 4 is 0 Å². The summed E-state index contributed by atoms with van der Waals surface area (Å²) in [6, 6.07) is 6.30. The second-order valence-corrected chi connectivity index (χ2v) is 3.58. The van der Waals surface area contributed by atoms with Crippen molar-refractivity contribution in [1.82, 2.24) is 4.90 Å². The number of hydrogen-bond donors (Lipinski definition) is 0. The maximum atomic E-state index is 12.9. The average molecular weight is 229 g/mol. The van der Waals surface area contributed by atoms with Gasteiger partial charge in [-0.3, -0.25) is 4.90 Å². The van der Waals surface area contributed by atoms with Crippen LogP contribution in [0, 0.1) is 0 Å². The third-order valence-electron chi connectivity index (χ3n) is 2.28. The molecule has 1 unspecified atom stereocenters. The van der Waals surface area contributed by atoms with Crippen molar-refractivity contribution < 1.29 is 13.2 Å². The van der Waals surface area contributed by atoms with Crippen LogP contribution < -0.4 is 0 Å². The lowest BCUT2D eigenvalue weighted by molar-refractivity contribution is -0.181. The zero-order valence-electron chi connectivity index (χ0n) is 9.04. The Morgan fingerprint density at radius 3 is 2.31 bits per heavy atom. The standard InChI is InChI=1S/C12H14F3N/c1-3-9-16(2)11(12(13,14)15)10-7-5-4-6-8-10/h3-8,11H,1,9H2,2H3. The van der Waals surface area contributed by atoms with Gasteiger partial charge in [-0.25, -0.2) is 0 Å². The van der Waals surface area contributed by atoms with Crippen LogP contribution in [-0.4, -0.2) is 24.7 Å². The third kappa shape index (κ3) is 3.10. The molecule has 0 spiro atoms. The molecule has 0 amide bonds. The van der Waals surface area contributed by atoms with Gasteiger partial charge in [-0.2, -0.15) is 13.2 Å². The van der Waals surface area contributed by atoms with Crippen LogP contribution in [0.2, 0.25) is 0 Å². The minimum absolute atomic E-state index is 0.194. The van der Waals surface area contributed by atoms with E-state index in [0.29, 0.717) is 0 Å². The van der Waals surface area contributed by atoms with Gasteiger partial charge in [0.1, 0.15) is 6.04 Å². The van der Waals surface area contributed by atoms with Gasteiger partial charge in [0.05, 0.1) is 0 Å². The van der Waals surface area contributed by atoms with Gasteiger partial charge in [-0.15, -0.1) is 6.58 Å². The number of hydrogen-bond acceptors (Lipinski definition) is 1. The fourth-order valence-electron chi connectivity index (χ4n) is 1.64. The molecule has 0 bridgehead atoms. The molecule has 4 heteroatoms. The van der Waals surface area contributed by atoms with Crippen molar-refractivity contribution in [1.29, 1.82) is 0 Å². The Kier molecular flexibility index (Phi) is 4.12. The number of likely N-dealkylation sites (N-methyl/N-ethyl adjacent to an activating group) is 1. The molecule has 1 atom stereocenters. The molecule has 0 aromatic heterocycles. The number of alkyl halides is 3. The lowest BCUT2D eigenvalue weighted by Crippen LogP contribution is -2.35. The third-order valence-corrected chi connectivity index (χ3v) is 2.28. The van der Waals surface area contributed by atoms with E-state index < -0.39 is 12.2 Å². The summed E-state index contributed by atoms with van der Waals surface area (Å²) in [6.45, 7) is 3.64. The largest absolute Gasteiger partial charge is 0.408 e. The lowest BCUT2D eigenvalue weighted by atomic mass is 10.1. The number of halogens is 3. The summed E-state index contributed by atoms with van der Waals surface area (Å²) in [5.41, 5.74) is 0.249. The molecule has 88 valence electrons. The molecular weight excluding hydrogens is 215 g/mol. The summed E-state index contributed by atoms with van der Waals surface area (Å²) >= 11 is 0. The smallest absolute Gasteiger partial charge is 0.288 e. The van der Waals surface area contributed by atoms with Gasteiger partial charge >= 0.3 is 6.18 Å². The van der Waals surface area contributed by atoms with E-state index in [1.165, 1.54) is 30.2 Å². The van der Waals surface area contributed by atoms with E-state index in [1.54, 1.807) is 18.2 Å². The van der Waals surface area contributed by atoms with E-state index in [1.807, 2.05) is 0 Å². The molecular formula is C12H14F3N. The maximum absolute atomic E-state index is 12.9. The summed E-state index contributed by atoms with van der Waals surface area (Å²) in [5, 5.41) is 0. The van der Waals surface area contributed by atoms with Crippen LogP contribution >= 0.6 is 0 Å². The van der Waals surface area contributed by atoms with Crippen LogP contribution in [-0.2, 0) is 0 Å². The molecule has 0 heterocycles. The predicted molar refractivity (Wildman–Crippen MR) is 58.1 cm³/mol. The first-order chi connectivity index (χ1) is 7.46. The van der Waals surface area contributed by atoms with Gasteiger partial charge in [0.2, 0.25) is 0 Å². The van der Waals surface area contributed by atoms with Crippen LogP contribution in [0.25, 0.3) is 0 Å². The van der Waals surface area contributed by atoms with Gasteiger partial charge in [-0.05, 0) is 12.6 Å². The van der Waals surface area contributed by atoms with Crippen molar-refractivity contribution in [3.63, 3.8) is 0 Å². The van der Waals surface area contributed by atoms with Gasteiger partial charge < -0.3 is 0 Å². The van der Waals surface area contributed by atoms with Gasteiger partial charge in [0.15, 0.2) is 0 Å². The van der Waals surface area contributed by atoms with E-state index in [4.69, 9.17) is 0 Å². The molecule has 0 fully saturated rings. The maximum Gasteiger partial charge on any atom is 0.408 e. The fourth-order valence-corrected chi connectivity index (χ4v) is 1.64. The zero-order valence-corrected chi connectivity index (χ0v) is 9.04. The van der Waals surface area contributed by atoms with E-state index in [0.717, 1.165) is 0 Å². The fraction of sp³-hybridized carbons (Fsp3) is 0.333. The molecule has 0 saturated heterocycles. The van der Waals surface area contributed by atoms with Crippen LogP contribution in [0.4, 0.5) is 13.2 Å². The van der Waals surface area contributed by atoms with Crippen molar-refractivity contribution in [2.45, 2.75) is 12.2 Å². The molecule has 0 saturated carbocycles. The molecule has 0 radical (unpaired) electrons. The average Bonchev–Trinajstić information content (AvgIpc) is 2.17. The van der Waals surface area contributed by atoms with Crippen LogP contribution in [0.3, 0.4) is 0 Å². The Morgan fingerprint density at radius 1 is 1.31 bits per heavy atom. The summed E-state index contributed by atoms with van der Waals surface area (Å²) in [7, 11) is 1.44. The number of nitrogens with zero attached hydrogens (tertiary/aromatic N) is 1. The lowest BCUT2D eigenvalue weighted by Gasteiger charge is -2.29. The summed E-state index contributed by atoms with van der Waals surface area (Å²) in [4.78, 5) is 1.22. The first-order valence-electron chi connectivity index (χ1n) is 4.89. The highest BCUT2D eigenvalue weighted by Crippen LogP contribution is 2.36. The molecule has 0 aliphatic carbocycles. The Bertz CT molecular complexity index is 332. The minimum Gasteiger partial charge on any atom is -0.288 e. The van der Waals surface area contributed by atoms with E-state index >= 15 is 0 Å². The highest BCUT2D eigenvalue weighted by atomic mass is 19.4. The monoisotopic (exact) mass is 229 g/mol. The van der Waals surface area contributed by atoms with Crippen molar-refractivity contribution in [3.05, 3.63) is 48.6 Å². The molecule has 1 nitrogen and oxygen atoms in total. The molecule has 0 N–H and O–H groups in total. The molecule has 1 aromatic carbocycles. The van der Waals surface area contributed by atoms with Crippen molar-refractivity contribution in [2.24, 2.45) is 0 Å². The minimum atomic E-state index is -4.28. The molecule has 1 aromatic rings. The second kappa shape index (κ2) is 5.16. The van der Waals surface area contributed by atoms with E-state index in [2.05, 4.69) is 6.58 Å². The van der Waals surface area contributed by atoms with Crippen LogP contribution in [0.1, 0.15) is 11.6 Å². The highest BCUT2D eigenvalue weighted by molar-refractivity contribution is 5.20. The SMILES string of the molecule is C=CCN(C)C(c1ccccc1)C(F)(F)F. The Morgan fingerprint density at radius 2 is 1.88 bits per heavy atom. The topological polar surface area (TPSA) is 3.24 Å². The quantitative estimate of drug-likeness (QED) is 0.715. The van der Waals surface area contributed by atoms with Crippen LogP contribution in [0.15, 0.2) is 43.0 Å². The van der Waals surface area contributed by atoms with E-state index in [9.17, 15) is 13.2 Å². The number of rotatable bonds is 4. The van der Waals surface area contributed by atoms with Crippen molar-refractivity contribution in [3.8, 4) is 0 Å². The Balaban J connectivity index is 3.02. The van der Waals surface area contributed by atoms with E-state index in [-0.39, 0.29) is 12.1 Å². The molecule has 1 rings (SSSR count). The number of benzene rings is 1. The highest BCUT2D eigenvalue weighted by Gasteiger charge is 2.42. The Labute approximate surface area is 93.2 Å². The Hall–Kier alpha value is -1.29. The van der Waals surface area contributed by atoms with Gasteiger partial charge in [-0.1, -0.05) is 36.4 Å². The van der Waals surface area contributed by atoms with Gasteiger partial charge in [0.25, 0.3) is 0 Å². The summed E-state index contributed by atoms with van der Waals surface area (Å²) < 4.78 is 38.7. The first kappa shape index (κ1) is 12.8. The molecule has 0 aliphatic rings. The van der Waals surface area contributed by atoms with Crippen molar-refractivity contribution in [2.75, 3.05) is 13.6 Å². The van der Waals surface area contributed by atoms with Crippen LogP contribution in [0.5, 0.6) is 0 Å². The zero-order chi connectivity index (χ0) is 12.2. The molecule has 16 heavy (non-hydrogen) atoms.